The zero-order valence-electron chi connectivity index (χ0n) is 11.3. The highest BCUT2D eigenvalue weighted by Gasteiger charge is 2.08. The maximum Gasteiger partial charge on any atom is 0.417 e. The van der Waals surface area contributed by atoms with Gasteiger partial charge in [0.05, 0.1) is 13.5 Å². The van der Waals surface area contributed by atoms with Crippen molar-refractivity contribution in [3.63, 3.8) is 0 Å². The summed E-state index contributed by atoms with van der Waals surface area (Å²) in [4.78, 5) is 29.6. The molecule has 1 aromatic rings. The van der Waals surface area contributed by atoms with E-state index in [2.05, 4.69) is 10.1 Å². The molecule has 0 aliphatic carbocycles. The lowest BCUT2D eigenvalue weighted by molar-refractivity contribution is -0.161. The number of methoxy groups -OCH3 is 1. The van der Waals surface area contributed by atoms with Crippen LogP contribution >= 0.6 is 0 Å². The van der Waals surface area contributed by atoms with Crippen LogP contribution in [0.15, 0.2) is 24.3 Å². The number of carboxylic acid groups (broad SMARTS) is 2. The van der Waals surface area contributed by atoms with Crippen molar-refractivity contribution < 1.29 is 29.3 Å². The molecule has 0 fully saturated rings. The number of hydrogen-bond acceptors (Lipinski definition) is 5. The fraction of sp³-hybridized carbons (Fsp3) is 0.308. The molecule has 1 aromatic carbocycles. The highest BCUT2D eigenvalue weighted by atomic mass is 16.5. The van der Waals surface area contributed by atoms with Gasteiger partial charge in [-0.15, -0.1) is 0 Å². The van der Waals surface area contributed by atoms with Gasteiger partial charge in [0.2, 0.25) is 0 Å². The predicted octanol–water partition coefficient (Wildman–Crippen LogP) is 0.277. The van der Waals surface area contributed by atoms with Crippen molar-refractivity contribution in [3.05, 3.63) is 35.4 Å². The molecule has 0 amide bonds. The van der Waals surface area contributed by atoms with Crippen molar-refractivity contribution >= 4 is 17.9 Å². The number of hydrogen-bond donors (Lipinski definition) is 3. The van der Waals surface area contributed by atoms with E-state index in [-0.39, 0.29) is 6.42 Å². The van der Waals surface area contributed by atoms with E-state index in [1.54, 1.807) is 0 Å². The minimum absolute atomic E-state index is 0.0948. The average molecular weight is 283 g/mol. The molecule has 7 heteroatoms. The molecule has 3 N–H and O–H groups in total. The average Bonchev–Trinajstić information content (AvgIpc) is 2.38. The summed E-state index contributed by atoms with van der Waals surface area (Å²) in [5.74, 6) is -3.59. The van der Waals surface area contributed by atoms with Crippen LogP contribution in [0.2, 0.25) is 0 Å². The first kappa shape index (κ1) is 17.6. The second kappa shape index (κ2) is 9.51. The molecule has 0 spiro atoms. The molecule has 20 heavy (non-hydrogen) atoms. The molecule has 0 saturated carbocycles. The molecule has 0 aliphatic rings. The first-order valence-electron chi connectivity index (χ1n) is 5.66. The minimum Gasteiger partial charge on any atom is -0.481 e. The van der Waals surface area contributed by atoms with Crippen LogP contribution in [-0.4, -0.2) is 42.3 Å². The molecule has 0 unspecified atom stereocenters. The quantitative estimate of drug-likeness (QED) is 0.537. The van der Waals surface area contributed by atoms with Gasteiger partial charge in [-0.1, -0.05) is 24.3 Å². The third kappa shape index (κ3) is 7.83. The molecule has 0 saturated heterocycles. The van der Waals surface area contributed by atoms with Gasteiger partial charge in [0.15, 0.2) is 0 Å². The molecular formula is C13H17NO6. The lowest BCUT2D eigenvalue weighted by Gasteiger charge is -2.02. The topological polar surface area (TPSA) is 113 Å². The third-order valence-corrected chi connectivity index (χ3v) is 2.09. The van der Waals surface area contributed by atoms with E-state index in [1.807, 2.05) is 31.3 Å². The van der Waals surface area contributed by atoms with Crippen LogP contribution < -0.4 is 5.32 Å². The number of ether oxygens (including phenoxy) is 1. The normalized spacial score (nSPS) is 9.10. The second-order valence-corrected chi connectivity index (χ2v) is 3.72. The summed E-state index contributed by atoms with van der Waals surface area (Å²) in [5.41, 5.74) is 1.96. The third-order valence-electron chi connectivity index (χ3n) is 2.09. The van der Waals surface area contributed by atoms with Crippen molar-refractivity contribution in [2.24, 2.45) is 0 Å². The number of carboxylic acids is 2. The highest BCUT2D eigenvalue weighted by molar-refractivity contribution is 6.28. The monoisotopic (exact) mass is 283 g/mol. The number of rotatable bonds is 4. The van der Waals surface area contributed by atoms with Crippen LogP contribution in [0.5, 0.6) is 0 Å². The van der Waals surface area contributed by atoms with Crippen LogP contribution in [0.1, 0.15) is 11.1 Å². The van der Waals surface area contributed by atoms with E-state index in [0.717, 1.165) is 24.8 Å². The van der Waals surface area contributed by atoms with Gasteiger partial charge >= 0.3 is 17.9 Å². The summed E-state index contributed by atoms with van der Waals surface area (Å²) in [5, 5.41) is 19.3. The van der Waals surface area contributed by atoms with E-state index in [0.29, 0.717) is 0 Å². The predicted molar refractivity (Wildman–Crippen MR) is 70.2 cm³/mol. The summed E-state index contributed by atoms with van der Waals surface area (Å²) in [6, 6.07) is 7.59. The van der Waals surface area contributed by atoms with Gasteiger partial charge in [0.25, 0.3) is 0 Å². The molecule has 110 valence electrons. The summed E-state index contributed by atoms with van der Waals surface area (Å²) < 4.78 is 3.77. The molecule has 0 aromatic heterocycles. The molecule has 0 bridgehead atoms. The summed E-state index contributed by atoms with van der Waals surface area (Å²) in [6.45, 7) is 0.771. The number of nitrogens with one attached hydrogen (secondary N) is 1. The zero-order chi connectivity index (χ0) is 15.5. The molecule has 0 heterocycles. The Hall–Kier alpha value is -2.41. The standard InChI is InChI=1S/C10H13NO2.C3H4O4/c1-11-7-9-4-2-3-8(5-9)6-10(12)13;1-7-3(6)2(4)5/h2-5,11H,6-7H2,1H3,(H,12,13);1H3,(H,4,5). The van der Waals surface area contributed by atoms with E-state index in [1.165, 1.54) is 0 Å². The van der Waals surface area contributed by atoms with Crippen molar-refractivity contribution in [1.29, 1.82) is 0 Å². The lowest BCUT2D eigenvalue weighted by atomic mass is 10.1. The second-order valence-electron chi connectivity index (χ2n) is 3.72. The van der Waals surface area contributed by atoms with Crippen LogP contribution in [-0.2, 0) is 32.1 Å². The largest absolute Gasteiger partial charge is 0.481 e. The molecule has 1 rings (SSSR count). The molecular weight excluding hydrogens is 266 g/mol. The zero-order valence-corrected chi connectivity index (χ0v) is 11.3. The molecule has 0 aliphatic heterocycles. The maximum absolute atomic E-state index is 10.4. The van der Waals surface area contributed by atoms with Gasteiger partial charge in [0, 0.05) is 6.54 Å². The Balaban J connectivity index is 0.000000441. The van der Waals surface area contributed by atoms with Gasteiger partial charge in [-0.2, -0.15) is 0 Å². The first-order valence-corrected chi connectivity index (χ1v) is 5.66. The van der Waals surface area contributed by atoms with E-state index >= 15 is 0 Å². The Kier molecular flexibility index (Phi) is 8.36. The number of aliphatic carboxylic acids is 2. The first-order chi connectivity index (χ1) is 9.40. The molecule has 0 radical (unpaired) electrons. The van der Waals surface area contributed by atoms with E-state index in [4.69, 9.17) is 10.2 Å². The van der Waals surface area contributed by atoms with Crippen molar-refractivity contribution in [3.8, 4) is 0 Å². The Labute approximate surface area is 116 Å². The van der Waals surface area contributed by atoms with Crippen LogP contribution in [0, 0.1) is 0 Å². The minimum atomic E-state index is -1.57. The number of carbonyl (C=O) groups is 3. The number of esters is 1. The Morgan fingerprint density at radius 2 is 1.80 bits per heavy atom. The molecule has 0 atom stereocenters. The van der Waals surface area contributed by atoms with Crippen molar-refractivity contribution in [2.45, 2.75) is 13.0 Å². The van der Waals surface area contributed by atoms with Gasteiger partial charge in [-0.05, 0) is 18.2 Å². The van der Waals surface area contributed by atoms with Crippen LogP contribution in [0.25, 0.3) is 0 Å². The summed E-state index contributed by atoms with van der Waals surface area (Å²) in [6.07, 6.45) is 0.0948. The Bertz CT molecular complexity index is 472. The van der Waals surface area contributed by atoms with E-state index in [9.17, 15) is 14.4 Å². The van der Waals surface area contributed by atoms with Gasteiger partial charge in [0.1, 0.15) is 0 Å². The fourth-order valence-electron chi connectivity index (χ4n) is 1.32. The maximum atomic E-state index is 10.4. The van der Waals surface area contributed by atoms with Crippen molar-refractivity contribution in [1.82, 2.24) is 5.32 Å². The lowest BCUT2D eigenvalue weighted by Crippen LogP contribution is -2.13. The van der Waals surface area contributed by atoms with Gasteiger partial charge < -0.3 is 20.3 Å². The highest BCUT2D eigenvalue weighted by Crippen LogP contribution is 2.05. The smallest absolute Gasteiger partial charge is 0.417 e. The Morgan fingerprint density at radius 1 is 1.20 bits per heavy atom. The summed E-state index contributed by atoms with van der Waals surface area (Å²) >= 11 is 0. The number of carbonyl (C=O) groups excluding carboxylic acids is 1. The Morgan fingerprint density at radius 3 is 2.20 bits per heavy atom. The van der Waals surface area contributed by atoms with Gasteiger partial charge in [-0.3, -0.25) is 4.79 Å². The fourth-order valence-corrected chi connectivity index (χ4v) is 1.32. The number of benzene rings is 1. The summed E-state index contributed by atoms with van der Waals surface area (Å²) in [7, 11) is 2.88. The van der Waals surface area contributed by atoms with Crippen LogP contribution in [0.3, 0.4) is 0 Å². The van der Waals surface area contributed by atoms with Crippen LogP contribution in [0.4, 0.5) is 0 Å². The molecule has 7 nitrogen and oxygen atoms in total. The van der Waals surface area contributed by atoms with E-state index < -0.39 is 17.9 Å². The SMILES string of the molecule is CNCc1cccc(CC(=O)O)c1.COC(=O)C(=O)O. The van der Waals surface area contributed by atoms with Gasteiger partial charge in [-0.25, -0.2) is 9.59 Å². The van der Waals surface area contributed by atoms with Crippen molar-refractivity contribution in [2.75, 3.05) is 14.2 Å².